The molecule has 0 amide bonds. The van der Waals surface area contributed by atoms with Gasteiger partial charge in [0.05, 0.1) is 5.56 Å². The number of benzene rings is 1. The highest BCUT2D eigenvalue weighted by Crippen LogP contribution is 2.27. The monoisotopic (exact) mass is 284 g/mol. The van der Waals surface area contributed by atoms with Crippen molar-refractivity contribution < 1.29 is 14.3 Å². The van der Waals surface area contributed by atoms with Gasteiger partial charge in [-0.3, -0.25) is 0 Å². The molecule has 0 atom stereocenters. The van der Waals surface area contributed by atoms with E-state index in [1.807, 2.05) is 0 Å². The van der Waals surface area contributed by atoms with Crippen molar-refractivity contribution in [2.45, 2.75) is 19.4 Å². The first-order valence-electron chi connectivity index (χ1n) is 5.31. The second-order valence-corrected chi connectivity index (χ2v) is 4.84. The van der Waals surface area contributed by atoms with Gasteiger partial charge in [-0.1, -0.05) is 11.6 Å². The van der Waals surface area contributed by atoms with E-state index in [0.29, 0.717) is 5.02 Å². The van der Waals surface area contributed by atoms with Crippen molar-refractivity contribution in [1.29, 1.82) is 0 Å². The lowest BCUT2D eigenvalue weighted by Gasteiger charge is -2.20. The van der Waals surface area contributed by atoms with Crippen LogP contribution in [0.4, 0.5) is 4.39 Å². The molecule has 0 aliphatic carbocycles. The molecule has 19 heavy (non-hydrogen) atoms. The number of hydrogen-bond donors (Lipinski definition) is 1. The number of aromatic nitrogens is 4. The fraction of sp³-hybridized carbons (Fsp3) is 0.273. The summed E-state index contributed by atoms with van der Waals surface area (Å²) in [4.78, 5) is 11.2. The summed E-state index contributed by atoms with van der Waals surface area (Å²) < 4.78 is 14.8. The SMILES string of the molecule is CC(C)(C(=O)O)n1nnnc1-c1cc(Cl)ccc1F. The Bertz CT molecular complexity index is 641. The van der Waals surface area contributed by atoms with E-state index in [4.69, 9.17) is 11.6 Å². The van der Waals surface area contributed by atoms with Gasteiger partial charge in [0.1, 0.15) is 5.82 Å². The van der Waals surface area contributed by atoms with Crippen LogP contribution in [0.2, 0.25) is 5.02 Å². The summed E-state index contributed by atoms with van der Waals surface area (Å²) in [7, 11) is 0. The van der Waals surface area contributed by atoms with E-state index >= 15 is 0 Å². The van der Waals surface area contributed by atoms with Gasteiger partial charge in [-0.05, 0) is 42.5 Å². The second kappa shape index (κ2) is 4.58. The topological polar surface area (TPSA) is 80.9 Å². The Balaban J connectivity index is 2.63. The number of carbonyl (C=O) groups is 1. The summed E-state index contributed by atoms with van der Waals surface area (Å²) in [6.45, 7) is 2.83. The maximum Gasteiger partial charge on any atom is 0.331 e. The Morgan fingerprint density at radius 2 is 2.16 bits per heavy atom. The molecule has 0 aliphatic rings. The smallest absolute Gasteiger partial charge is 0.331 e. The zero-order valence-electron chi connectivity index (χ0n) is 10.1. The third kappa shape index (κ3) is 2.28. The molecular weight excluding hydrogens is 275 g/mol. The predicted molar refractivity (Wildman–Crippen MR) is 65.2 cm³/mol. The van der Waals surface area contributed by atoms with Crippen molar-refractivity contribution in [1.82, 2.24) is 20.2 Å². The summed E-state index contributed by atoms with van der Waals surface area (Å²) in [5.41, 5.74) is -1.36. The summed E-state index contributed by atoms with van der Waals surface area (Å²) in [6, 6.07) is 3.90. The Hall–Kier alpha value is -2.02. The quantitative estimate of drug-likeness (QED) is 0.932. The third-order valence-corrected chi connectivity index (χ3v) is 2.93. The van der Waals surface area contributed by atoms with Gasteiger partial charge in [0.15, 0.2) is 11.4 Å². The number of tetrazole rings is 1. The zero-order chi connectivity index (χ0) is 14.2. The summed E-state index contributed by atoms with van der Waals surface area (Å²) in [5, 5.41) is 20.2. The molecular formula is C11H10ClFN4O2. The lowest BCUT2D eigenvalue weighted by Crippen LogP contribution is -2.37. The van der Waals surface area contributed by atoms with Crippen LogP contribution in [0.25, 0.3) is 11.4 Å². The van der Waals surface area contributed by atoms with Crippen LogP contribution in [0.1, 0.15) is 13.8 Å². The molecule has 0 saturated heterocycles. The molecule has 0 radical (unpaired) electrons. The lowest BCUT2D eigenvalue weighted by molar-refractivity contribution is -0.146. The van der Waals surface area contributed by atoms with E-state index in [-0.39, 0.29) is 11.4 Å². The minimum absolute atomic E-state index is 0.00685. The fourth-order valence-corrected chi connectivity index (χ4v) is 1.66. The molecule has 0 saturated carbocycles. The molecule has 8 heteroatoms. The molecule has 0 bridgehead atoms. The maximum absolute atomic E-state index is 13.8. The number of aliphatic carboxylic acids is 1. The molecule has 2 rings (SSSR count). The first kappa shape index (κ1) is 13.4. The zero-order valence-corrected chi connectivity index (χ0v) is 10.9. The van der Waals surface area contributed by atoms with Crippen molar-refractivity contribution in [3.05, 3.63) is 29.0 Å². The largest absolute Gasteiger partial charge is 0.479 e. The first-order valence-corrected chi connectivity index (χ1v) is 5.69. The highest BCUT2D eigenvalue weighted by molar-refractivity contribution is 6.30. The fourth-order valence-electron chi connectivity index (χ4n) is 1.49. The molecule has 1 aromatic carbocycles. The molecule has 2 aromatic rings. The van der Waals surface area contributed by atoms with Crippen molar-refractivity contribution in [3.8, 4) is 11.4 Å². The van der Waals surface area contributed by atoms with Gasteiger partial charge in [-0.15, -0.1) is 5.10 Å². The van der Waals surface area contributed by atoms with Crippen LogP contribution < -0.4 is 0 Å². The summed E-state index contributed by atoms with van der Waals surface area (Å²) in [5.74, 6) is -1.71. The van der Waals surface area contributed by atoms with Crippen LogP contribution in [-0.2, 0) is 10.3 Å². The predicted octanol–water partition coefficient (Wildman–Crippen LogP) is 1.95. The van der Waals surface area contributed by atoms with Crippen LogP contribution in [0.15, 0.2) is 18.2 Å². The van der Waals surface area contributed by atoms with Crippen LogP contribution in [-0.4, -0.2) is 31.3 Å². The molecule has 100 valence electrons. The molecule has 1 N–H and O–H groups in total. The third-order valence-electron chi connectivity index (χ3n) is 2.69. The number of carboxylic acid groups (broad SMARTS) is 1. The molecule has 1 heterocycles. The second-order valence-electron chi connectivity index (χ2n) is 4.40. The molecule has 0 fully saturated rings. The molecule has 1 aromatic heterocycles. The number of carboxylic acids is 1. The highest BCUT2D eigenvalue weighted by atomic mass is 35.5. The van der Waals surface area contributed by atoms with Crippen LogP contribution >= 0.6 is 11.6 Å². The van der Waals surface area contributed by atoms with Gasteiger partial charge in [0, 0.05) is 5.02 Å². The maximum atomic E-state index is 13.8. The van der Waals surface area contributed by atoms with E-state index in [1.54, 1.807) is 0 Å². The van der Waals surface area contributed by atoms with Crippen LogP contribution in [0, 0.1) is 5.82 Å². The van der Waals surface area contributed by atoms with Crippen molar-refractivity contribution >= 4 is 17.6 Å². The van der Waals surface area contributed by atoms with Gasteiger partial charge >= 0.3 is 5.97 Å². The highest BCUT2D eigenvalue weighted by Gasteiger charge is 2.34. The molecule has 0 spiro atoms. The Morgan fingerprint density at radius 3 is 2.79 bits per heavy atom. The van der Waals surface area contributed by atoms with Gasteiger partial charge in [0.25, 0.3) is 0 Å². The van der Waals surface area contributed by atoms with Crippen molar-refractivity contribution in [2.75, 3.05) is 0 Å². The first-order chi connectivity index (χ1) is 8.84. The van der Waals surface area contributed by atoms with Gasteiger partial charge in [-0.2, -0.15) is 0 Å². The van der Waals surface area contributed by atoms with E-state index < -0.39 is 17.3 Å². The molecule has 6 nitrogen and oxygen atoms in total. The number of hydrogen-bond acceptors (Lipinski definition) is 4. The minimum atomic E-state index is -1.41. The van der Waals surface area contributed by atoms with Gasteiger partial charge in [0.2, 0.25) is 0 Å². The Kier molecular flexibility index (Phi) is 3.23. The Labute approximate surface area is 112 Å². The van der Waals surface area contributed by atoms with Gasteiger partial charge < -0.3 is 5.11 Å². The van der Waals surface area contributed by atoms with Crippen LogP contribution in [0.5, 0.6) is 0 Å². The van der Waals surface area contributed by atoms with Crippen molar-refractivity contribution in [2.24, 2.45) is 0 Å². The average Bonchev–Trinajstić information content (AvgIpc) is 2.81. The molecule has 0 unspecified atom stereocenters. The number of rotatable bonds is 3. The summed E-state index contributed by atoms with van der Waals surface area (Å²) >= 11 is 5.80. The lowest BCUT2D eigenvalue weighted by atomic mass is 10.1. The average molecular weight is 285 g/mol. The van der Waals surface area contributed by atoms with Crippen molar-refractivity contribution in [3.63, 3.8) is 0 Å². The van der Waals surface area contributed by atoms with E-state index in [9.17, 15) is 14.3 Å². The van der Waals surface area contributed by atoms with E-state index in [0.717, 1.165) is 4.68 Å². The van der Waals surface area contributed by atoms with E-state index in [1.165, 1.54) is 32.0 Å². The Morgan fingerprint density at radius 1 is 1.47 bits per heavy atom. The number of nitrogens with zero attached hydrogens (tertiary/aromatic N) is 4. The van der Waals surface area contributed by atoms with Crippen LogP contribution in [0.3, 0.4) is 0 Å². The van der Waals surface area contributed by atoms with Gasteiger partial charge in [-0.25, -0.2) is 13.9 Å². The normalized spacial score (nSPS) is 11.6. The number of halogens is 2. The van der Waals surface area contributed by atoms with E-state index in [2.05, 4.69) is 15.5 Å². The summed E-state index contributed by atoms with van der Waals surface area (Å²) in [6.07, 6.45) is 0. The molecule has 0 aliphatic heterocycles. The minimum Gasteiger partial charge on any atom is -0.479 e. The standard InChI is InChI=1S/C11H10ClFN4O2/c1-11(2,10(18)19)17-9(14-15-16-17)7-5-6(12)3-4-8(7)13/h3-5H,1-2H3,(H,18,19).